The number of rotatable bonds is 2. The number of carbonyl (C=O) groups excluding carboxylic acids is 1. The van der Waals surface area contributed by atoms with Crippen molar-refractivity contribution in [2.45, 2.75) is 38.8 Å². The van der Waals surface area contributed by atoms with Gasteiger partial charge in [-0.2, -0.15) is 0 Å². The van der Waals surface area contributed by atoms with E-state index in [1.165, 1.54) is 0 Å². The molecule has 1 amide bonds. The first kappa shape index (κ1) is 9.00. The molecule has 2 aliphatic rings. The van der Waals surface area contributed by atoms with Crippen LogP contribution in [0.1, 0.15) is 26.7 Å². The zero-order valence-electron chi connectivity index (χ0n) is 8.32. The van der Waals surface area contributed by atoms with Crippen molar-refractivity contribution >= 4 is 5.91 Å². The molecule has 2 rings (SSSR count). The van der Waals surface area contributed by atoms with Gasteiger partial charge in [0.1, 0.15) is 0 Å². The van der Waals surface area contributed by atoms with E-state index >= 15 is 0 Å². The molecule has 0 aromatic rings. The first-order valence-corrected chi connectivity index (χ1v) is 5.14. The van der Waals surface area contributed by atoms with Crippen molar-refractivity contribution in [2.75, 3.05) is 13.2 Å². The lowest BCUT2D eigenvalue weighted by Crippen LogP contribution is -2.43. The van der Waals surface area contributed by atoms with E-state index < -0.39 is 0 Å². The highest BCUT2D eigenvalue weighted by Crippen LogP contribution is 2.29. The topological polar surface area (TPSA) is 29.5 Å². The maximum absolute atomic E-state index is 11.8. The molecule has 2 aliphatic heterocycles. The standard InChI is InChI=1S/C10H17NO2/c1-3-7(2)10(12)11-5-9-4-8(11)6-13-9/h7-9H,3-6H2,1-2H3/t7-,8-,9-/m0/s1. The molecule has 3 atom stereocenters. The third kappa shape index (κ3) is 1.46. The summed E-state index contributed by atoms with van der Waals surface area (Å²) in [7, 11) is 0. The molecule has 0 N–H and O–H groups in total. The highest BCUT2D eigenvalue weighted by Gasteiger charge is 2.41. The molecule has 2 heterocycles. The zero-order valence-corrected chi connectivity index (χ0v) is 8.32. The normalized spacial score (nSPS) is 33.8. The molecule has 0 aromatic heterocycles. The van der Waals surface area contributed by atoms with Crippen molar-refractivity contribution in [3.8, 4) is 0 Å². The molecule has 2 fully saturated rings. The van der Waals surface area contributed by atoms with Crippen LogP contribution in [0.4, 0.5) is 0 Å². The van der Waals surface area contributed by atoms with Gasteiger partial charge in [0.2, 0.25) is 5.91 Å². The summed E-state index contributed by atoms with van der Waals surface area (Å²) in [5, 5.41) is 0. The maximum atomic E-state index is 11.8. The molecule has 3 heteroatoms. The van der Waals surface area contributed by atoms with Gasteiger partial charge in [-0.1, -0.05) is 13.8 Å². The smallest absolute Gasteiger partial charge is 0.225 e. The Balaban J connectivity index is 1.98. The molecule has 13 heavy (non-hydrogen) atoms. The SMILES string of the molecule is CC[C@H](C)C(=O)N1C[C@@H]2C[C@H]1CO2. The zero-order chi connectivity index (χ0) is 9.42. The van der Waals surface area contributed by atoms with E-state index in [1.807, 2.05) is 11.8 Å². The minimum absolute atomic E-state index is 0.180. The van der Waals surface area contributed by atoms with Crippen molar-refractivity contribution in [2.24, 2.45) is 5.92 Å². The van der Waals surface area contributed by atoms with Crippen LogP contribution in [-0.2, 0) is 9.53 Å². The first-order valence-electron chi connectivity index (χ1n) is 5.14. The number of amides is 1. The Hall–Kier alpha value is -0.570. The predicted octanol–water partition coefficient (Wildman–Crippen LogP) is 1.03. The lowest BCUT2D eigenvalue weighted by Gasteiger charge is -2.29. The second-order valence-electron chi connectivity index (χ2n) is 4.14. The lowest BCUT2D eigenvalue weighted by molar-refractivity contribution is -0.139. The van der Waals surface area contributed by atoms with Gasteiger partial charge in [0.25, 0.3) is 0 Å². The fourth-order valence-electron chi connectivity index (χ4n) is 2.13. The summed E-state index contributed by atoms with van der Waals surface area (Å²) in [6.07, 6.45) is 2.33. The number of morpholine rings is 1. The van der Waals surface area contributed by atoms with Crippen molar-refractivity contribution in [3.05, 3.63) is 0 Å². The Labute approximate surface area is 79.0 Å². The number of ether oxygens (including phenoxy) is 1. The van der Waals surface area contributed by atoms with Crippen LogP contribution < -0.4 is 0 Å². The molecule has 2 saturated heterocycles. The van der Waals surface area contributed by atoms with Gasteiger partial charge in [0.15, 0.2) is 0 Å². The number of hydrogen-bond donors (Lipinski definition) is 0. The van der Waals surface area contributed by atoms with Crippen LogP contribution in [0, 0.1) is 5.92 Å². The molecule has 0 aromatic carbocycles. The minimum Gasteiger partial charge on any atom is -0.374 e. The van der Waals surface area contributed by atoms with Crippen molar-refractivity contribution in [1.82, 2.24) is 4.90 Å². The van der Waals surface area contributed by atoms with Gasteiger partial charge in [0, 0.05) is 12.5 Å². The Morgan fingerprint density at radius 3 is 2.92 bits per heavy atom. The summed E-state index contributed by atoms with van der Waals surface area (Å²) in [6.45, 7) is 5.66. The van der Waals surface area contributed by atoms with Crippen molar-refractivity contribution in [1.29, 1.82) is 0 Å². The van der Waals surface area contributed by atoms with Crippen LogP contribution in [0.5, 0.6) is 0 Å². The molecule has 0 spiro atoms. The molecule has 0 unspecified atom stereocenters. The van der Waals surface area contributed by atoms with Crippen LogP contribution in [0.25, 0.3) is 0 Å². The summed E-state index contributed by atoms with van der Waals surface area (Å²) in [6, 6.07) is 0.381. The molecule has 0 aliphatic carbocycles. The van der Waals surface area contributed by atoms with Gasteiger partial charge < -0.3 is 9.64 Å². The summed E-state index contributed by atoms with van der Waals surface area (Å²) >= 11 is 0. The maximum Gasteiger partial charge on any atom is 0.225 e. The van der Waals surface area contributed by atoms with Gasteiger partial charge in [-0.15, -0.1) is 0 Å². The largest absolute Gasteiger partial charge is 0.374 e. The Kier molecular flexibility index (Phi) is 2.28. The molecule has 0 saturated carbocycles. The van der Waals surface area contributed by atoms with E-state index in [-0.39, 0.29) is 5.92 Å². The van der Waals surface area contributed by atoms with Crippen molar-refractivity contribution in [3.63, 3.8) is 0 Å². The molecular formula is C10H17NO2. The monoisotopic (exact) mass is 183 g/mol. The van der Waals surface area contributed by atoms with Crippen LogP contribution in [0.2, 0.25) is 0 Å². The quantitative estimate of drug-likeness (QED) is 0.640. The Morgan fingerprint density at radius 2 is 2.46 bits per heavy atom. The summed E-state index contributed by atoms with van der Waals surface area (Å²) in [5.41, 5.74) is 0. The van der Waals surface area contributed by atoms with E-state index in [2.05, 4.69) is 6.92 Å². The summed E-state index contributed by atoms with van der Waals surface area (Å²) < 4.78 is 5.45. The average Bonchev–Trinajstić information content (AvgIpc) is 2.76. The van der Waals surface area contributed by atoms with Gasteiger partial charge >= 0.3 is 0 Å². The molecular weight excluding hydrogens is 166 g/mol. The van der Waals surface area contributed by atoms with Gasteiger partial charge in [-0.3, -0.25) is 4.79 Å². The fraction of sp³-hybridized carbons (Fsp3) is 0.900. The molecule has 2 bridgehead atoms. The number of fused-ring (bicyclic) bond motifs is 2. The summed E-state index contributed by atoms with van der Waals surface area (Å²) in [4.78, 5) is 13.9. The number of likely N-dealkylation sites (tertiary alicyclic amines) is 1. The first-order chi connectivity index (χ1) is 6.22. The van der Waals surface area contributed by atoms with E-state index in [9.17, 15) is 4.79 Å². The number of hydrogen-bond acceptors (Lipinski definition) is 2. The van der Waals surface area contributed by atoms with E-state index in [0.29, 0.717) is 18.1 Å². The van der Waals surface area contributed by atoms with Gasteiger partial charge in [-0.05, 0) is 12.8 Å². The average molecular weight is 183 g/mol. The molecule has 3 nitrogen and oxygen atoms in total. The molecule has 74 valence electrons. The second kappa shape index (κ2) is 3.29. The van der Waals surface area contributed by atoms with Crippen LogP contribution >= 0.6 is 0 Å². The third-order valence-electron chi connectivity index (χ3n) is 3.22. The second-order valence-corrected chi connectivity index (χ2v) is 4.14. The predicted molar refractivity (Wildman–Crippen MR) is 49.3 cm³/mol. The van der Waals surface area contributed by atoms with Crippen LogP contribution in [-0.4, -0.2) is 36.1 Å². The van der Waals surface area contributed by atoms with E-state index in [4.69, 9.17) is 4.74 Å². The van der Waals surface area contributed by atoms with Gasteiger partial charge in [-0.25, -0.2) is 0 Å². The third-order valence-corrected chi connectivity index (χ3v) is 3.22. The highest BCUT2D eigenvalue weighted by atomic mass is 16.5. The van der Waals surface area contributed by atoms with E-state index in [1.54, 1.807) is 0 Å². The Bertz CT molecular complexity index is 217. The van der Waals surface area contributed by atoms with E-state index in [0.717, 1.165) is 26.0 Å². The van der Waals surface area contributed by atoms with Gasteiger partial charge in [0.05, 0.1) is 18.8 Å². The molecule has 0 radical (unpaired) electrons. The minimum atomic E-state index is 0.180. The number of nitrogens with zero attached hydrogens (tertiary/aromatic N) is 1. The summed E-state index contributed by atoms with van der Waals surface area (Å²) in [5.74, 6) is 0.498. The Morgan fingerprint density at radius 1 is 1.69 bits per heavy atom. The lowest BCUT2D eigenvalue weighted by atomic mass is 10.1. The highest BCUT2D eigenvalue weighted by molar-refractivity contribution is 5.79. The van der Waals surface area contributed by atoms with Crippen molar-refractivity contribution < 1.29 is 9.53 Å². The van der Waals surface area contributed by atoms with Crippen LogP contribution in [0.15, 0.2) is 0 Å². The van der Waals surface area contributed by atoms with Crippen LogP contribution in [0.3, 0.4) is 0 Å². The number of carbonyl (C=O) groups is 1. The fourth-order valence-corrected chi connectivity index (χ4v) is 2.13.